The summed E-state index contributed by atoms with van der Waals surface area (Å²) >= 11 is 14.4. The third-order valence-electron chi connectivity index (χ3n) is 5.87. The smallest absolute Gasteiger partial charge is 0.410 e. The van der Waals surface area contributed by atoms with Gasteiger partial charge in [0.25, 0.3) is 0 Å². The highest BCUT2D eigenvalue weighted by Gasteiger charge is 2.27. The summed E-state index contributed by atoms with van der Waals surface area (Å²) in [7, 11) is 0. The number of amides is 2. The minimum absolute atomic E-state index is 0.218. The summed E-state index contributed by atoms with van der Waals surface area (Å²) in [6.07, 6.45) is 9.16. The number of piperidine rings is 2. The molecule has 0 aliphatic carbocycles. The Bertz CT molecular complexity index is 1150. The Morgan fingerprint density at radius 3 is 1.65 bits per heavy atom. The van der Waals surface area contributed by atoms with E-state index in [0.29, 0.717) is 33.8 Å². The number of aromatic nitrogens is 4. The third kappa shape index (κ3) is 15.7. The van der Waals surface area contributed by atoms with Crippen molar-refractivity contribution in [2.45, 2.75) is 90.5 Å². The molecule has 2 aliphatic heterocycles. The maximum atomic E-state index is 12.0. The molecule has 3 N–H and O–H groups in total. The second-order valence-electron chi connectivity index (χ2n) is 12.1. The molecule has 0 bridgehead atoms. The van der Waals surface area contributed by atoms with Crippen LogP contribution in [0.15, 0.2) is 29.4 Å². The summed E-state index contributed by atoms with van der Waals surface area (Å²) in [6.45, 7) is 14.0. The molecule has 2 saturated heterocycles. The van der Waals surface area contributed by atoms with Gasteiger partial charge in [0.2, 0.25) is 0 Å². The summed E-state index contributed by atoms with van der Waals surface area (Å²) in [5.41, 5.74) is 4.88. The maximum Gasteiger partial charge on any atom is 0.410 e. The fourth-order valence-electron chi connectivity index (χ4n) is 3.88. The van der Waals surface area contributed by atoms with Gasteiger partial charge < -0.3 is 30.3 Å². The van der Waals surface area contributed by atoms with Gasteiger partial charge in [-0.2, -0.15) is 0 Å². The van der Waals surface area contributed by atoms with Crippen molar-refractivity contribution in [3.05, 3.63) is 39.7 Å². The van der Waals surface area contributed by atoms with Crippen molar-refractivity contribution < 1.29 is 19.1 Å². The Hall–Kier alpha value is -2.48. The van der Waals surface area contributed by atoms with E-state index in [1.807, 2.05) is 41.5 Å². The number of carbonyl (C=O) groups is 2. The number of nitrogens with zero attached hydrogens (tertiary/aromatic N) is 6. The lowest BCUT2D eigenvalue weighted by Gasteiger charge is -2.33. The molecule has 2 amide bonds. The fourth-order valence-corrected chi connectivity index (χ4v) is 4.59. The molecule has 240 valence electrons. The van der Waals surface area contributed by atoms with Gasteiger partial charge in [-0.1, -0.05) is 23.2 Å². The van der Waals surface area contributed by atoms with Crippen LogP contribution in [0.4, 0.5) is 15.4 Å². The molecule has 0 unspecified atom stereocenters. The highest BCUT2D eigenvalue weighted by molar-refractivity contribution is 9.10. The van der Waals surface area contributed by atoms with Crippen molar-refractivity contribution in [1.29, 1.82) is 0 Å². The first-order chi connectivity index (χ1) is 20.0. The Morgan fingerprint density at radius 1 is 0.814 bits per heavy atom. The number of nitrogens with two attached hydrogens (primary N) is 1. The van der Waals surface area contributed by atoms with E-state index >= 15 is 0 Å². The molecule has 12 nitrogen and oxygen atoms in total. The van der Waals surface area contributed by atoms with Crippen LogP contribution in [0, 0.1) is 0 Å². The average molecular weight is 707 g/mol. The number of carbonyl (C=O) groups excluding carboxylic acids is 2. The molecule has 0 atom stereocenters. The molecule has 4 heterocycles. The van der Waals surface area contributed by atoms with E-state index in [0.717, 1.165) is 38.8 Å². The Kier molecular flexibility index (Phi) is 14.6. The van der Waals surface area contributed by atoms with Crippen LogP contribution >= 0.6 is 39.1 Å². The van der Waals surface area contributed by atoms with Crippen LogP contribution in [0.3, 0.4) is 0 Å². The van der Waals surface area contributed by atoms with E-state index in [1.165, 1.54) is 12.4 Å². The summed E-state index contributed by atoms with van der Waals surface area (Å²) in [4.78, 5) is 42.7. The molecule has 2 fully saturated rings. The number of anilines is 1. The quantitative estimate of drug-likeness (QED) is 0.371. The SMILES string of the molecule is CC(C)(C)OC(=O)N1CCC(N)CC1.CC(C)(C)OC(=O)N1CCC(Nc2cncc(Cl)n2)CC1.Clc1cncc(Br)n1. The van der Waals surface area contributed by atoms with Crippen molar-refractivity contribution in [2.24, 2.45) is 5.73 Å². The topological polar surface area (TPSA) is 149 Å². The zero-order chi connectivity index (χ0) is 32.2. The predicted octanol–water partition coefficient (Wildman–Crippen LogP) is 6.18. The zero-order valence-corrected chi connectivity index (χ0v) is 28.7. The number of ether oxygens (including phenoxy) is 2. The van der Waals surface area contributed by atoms with Gasteiger partial charge in [0.1, 0.15) is 31.9 Å². The molecule has 0 aromatic carbocycles. The Balaban J connectivity index is 0.000000251. The van der Waals surface area contributed by atoms with Crippen molar-refractivity contribution >= 4 is 57.1 Å². The molecule has 2 aromatic heterocycles. The van der Waals surface area contributed by atoms with Crippen LogP contribution in [0.2, 0.25) is 10.3 Å². The fraction of sp³-hybridized carbons (Fsp3) is 0.643. The standard InChI is InChI=1S/C14H21ClN4O2.C10H20N2O2.C4H2BrClN2/c1-14(2,3)21-13(20)19-6-4-10(5-7-19)17-12-9-16-8-11(15)18-12;1-10(2,3)14-9(13)12-6-4-8(11)5-7-12;5-3-1-7-2-4(6)8-3/h8-10H,4-7H2,1-3H3,(H,17,18);8H,4-7,11H2,1-3H3;1-2H. The van der Waals surface area contributed by atoms with Crippen LogP contribution < -0.4 is 11.1 Å². The largest absolute Gasteiger partial charge is 0.444 e. The van der Waals surface area contributed by atoms with Crippen molar-refractivity contribution in [3.8, 4) is 0 Å². The van der Waals surface area contributed by atoms with E-state index in [4.69, 9.17) is 38.4 Å². The molecular formula is C28H43BrCl2N8O4. The molecule has 43 heavy (non-hydrogen) atoms. The summed E-state index contributed by atoms with van der Waals surface area (Å²) in [5, 5.41) is 4.06. The summed E-state index contributed by atoms with van der Waals surface area (Å²) < 4.78 is 11.3. The lowest BCUT2D eigenvalue weighted by Crippen LogP contribution is -2.44. The van der Waals surface area contributed by atoms with Crippen LogP contribution in [0.1, 0.15) is 67.2 Å². The average Bonchev–Trinajstić information content (AvgIpc) is 2.88. The molecule has 2 aliphatic rings. The van der Waals surface area contributed by atoms with Gasteiger partial charge in [0, 0.05) is 38.3 Å². The molecule has 0 radical (unpaired) electrons. The number of nitrogens with one attached hydrogen (secondary N) is 1. The number of hydrogen-bond donors (Lipinski definition) is 2. The first-order valence-corrected chi connectivity index (χ1v) is 15.6. The van der Waals surface area contributed by atoms with Gasteiger partial charge in [0.15, 0.2) is 0 Å². The van der Waals surface area contributed by atoms with E-state index in [2.05, 4.69) is 41.2 Å². The van der Waals surface area contributed by atoms with Crippen molar-refractivity contribution in [2.75, 3.05) is 31.5 Å². The van der Waals surface area contributed by atoms with Crippen molar-refractivity contribution in [3.63, 3.8) is 0 Å². The minimum Gasteiger partial charge on any atom is -0.444 e. The van der Waals surface area contributed by atoms with Gasteiger partial charge >= 0.3 is 12.2 Å². The van der Waals surface area contributed by atoms with Gasteiger partial charge in [0.05, 0.1) is 24.8 Å². The van der Waals surface area contributed by atoms with E-state index < -0.39 is 11.2 Å². The van der Waals surface area contributed by atoms with E-state index in [1.54, 1.807) is 22.2 Å². The first kappa shape index (κ1) is 36.7. The van der Waals surface area contributed by atoms with Crippen LogP contribution in [-0.4, -0.2) is 91.4 Å². The Morgan fingerprint density at radius 2 is 1.26 bits per heavy atom. The minimum atomic E-state index is -0.456. The second-order valence-corrected chi connectivity index (χ2v) is 13.7. The third-order valence-corrected chi connectivity index (χ3v) is 6.62. The predicted molar refractivity (Wildman–Crippen MR) is 171 cm³/mol. The zero-order valence-electron chi connectivity index (χ0n) is 25.6. The van der Waals surface area contributed by atoms with E-state index in [9.17, 15) is 9.59 Å². The second kappa shape index (κ2) is 17.1. The number of rotatable bonds is 2. The molecule has 15 heteroatoms. The molecule has 2 aromatic rings. The van der Waals surface area contributed by atoms with Crippen LogP contribution in [0.5, 0.6) is 0 Å². The van der Waals surface area contributed by atoms with Crippen LogP contribution in [-0.2, 0) is 9.47 Å². The van der Waals surface area contributed by atoms with Crippen LogP contribution in [0.25, 0.3) is 0 Å². The van der Waals surface area contributed by atoms with Crippen molar-refractivity contribution in [1.82, 2.24) is 29.7 Å². The number of halogens is 3. The van der Waals surface area contributed by atoms with Gasteiger partial charge in [-0.25, -0.2) is 19.6 Å². The lowest BCUT2D eigenvalue weighted by atomic mass is 10.1. The molecule has 4 rings (SSSR count). The van der Waals surface area contributed by atoms with Gasteiger partial charge in [-0.15, -0.1) is 0 Å². The Labute approximate surface area is 272 Å². The van der Waals surface area contributed by atoms with Gasteiger partial charge in [-0.3, -0.25) is 9.97 Å². The lowest BCUT2D eigenvalue weighted by molar-refractivity contribution is 0.0197. The normalized spacial score (nSPS) is 16.2. The molecule has 0 spiro atoms. The molecule has 0 saturated carbocycles. The number of likely N-dealkylation sites (tertiary alicyclic amines) is 2. The van der Waals surface area contributed by atoms with Gasteiger partial charge in [-0.05, 0) is 83.2 Å². The molecular weight excluding hydrogens is 663 g/mol. The highest BCUT2D eigenvalue weighted by Crippen LogP contribution is 2.19. The summed E-state index contributed by atoms with van der Waals surface area (Å²) in [6, 6.07) is 0.505. The highest BCUT2D eigenvalue weighted by atomic mass is 79.9. The summed E-state index contributed by atoms with van der Waals surface area (Å²) in [5.74, 6) is 0.665. The maximum absolute atomic E-state index is 12.0. The first-order valence-electron chi connectivity index (χ1n) is 14.1. The monoisotopic (exact) mass is 704 g/mol. The number of hydrogen-bond acceptors (Lipinski definition) is 10. The van der Waals surface area contributed by atoms with E-state index in [-0.39, 0.29) is 24.3 Å².